The van der Waals surface area contributed by atoms with E-state index >= 15 is 0 Å². The molecular formula is C19H24N6O. The Balaban J connectivity index is 1.30. The van der Waals surface area contributed by atoms with Gasteiger partial charge < -0.3 is 4.90 Å². The van der Waals surface area contributed by atoms with Gasteiger partial charge in [-0.25, -0.2) is 4.98 Å². The van der Waals surface area contributed by atoms with E-state index in [9.17, 15) is 4.79 Å². The first-order valence-corrected chi connectivity index (χ1v) is 9.60. The molecule has 4 aliphatic rings. The third-order valence-electron chi connectivity index (χ3n) is 5.98. The Hall–Kier alpha value is -2.28. The lowest BCUT2D eigenvalue weighted by molar-refractivity contribution is 0.0736. The van der Waals surface area contributed by atoms with E-state index in [-0.39, 0.29) is 5.91 Å². The molecule has 2 bridgehead atoms. The summed E-state index contributed by atoms with van der Waals surface area (Å²) in [5.74, 6) is 2.35. The number of rotatable bonds is 4. The molecule has 1 aliphatic carbocycles. The molecule has 7 heteroatoms. The van der Waals surface area contributed by atoms with Crippen LogP contribution in [0.15, 0.2) is 31.0 Å². The van der Waals surface area contributed by atoms with Gasteiger partial charge in [-0.2, -0.15) is 0 Å². The molecule has 0 N–H and O–H groups in total. The van der Waals surface area contributed by atoms with Crippen molar-refractivity contribution in [3.63, 3.8) is 0 Å². The van der Waals surface area contributed by atoms with Crippen LogP contribution in [0.5, 0.6) is 0 Å². The number of carbonyl (C=O) groups is 1. The van der Waals surface area contributed by atoms with Crippen molar-refractivity contribution < 1.29 is 4.79 Å². The van der Waals surface area contributed by atoms with E-state index in [2.05, 4.69) is 25.0 Å². The van der Waals surface area contributed by atoms with Gasteiger partial charge in [-0.3, -0.25) is 14.3 Å². The van der Waals surface area contributed by atoms with Gasteiger partial charge in [-0.05, 0) is 49.7 Å². The minimum absolute atomic E-state index is 0.109. The summed E-state index contributed by atoms with van der Waals surface area (Å²) in [5, 5.41) is 7.58. The van der Waals surface area contributed by atoms with Gasteiger partial charge in [0, 0.05) is 38.4 Å². The first-order valence-electron chi connectivity index (χ1n) is 9.60. The van der Waals surface area contributed by atoms with Crippen LogP contribution in [0, 0.1) is 11.8 Å². The monoisotopic (exact) mass is 352 g/mol. The summed E-state index contributed by atoms with van der Waals surface area (Å²) in [6.45, 7) is 4.13. The molecule has 3 aliphatic heterocycles. The van der Waals surface area contributed by atoms with Gasteiger partial charge in [-0.1, -0.05) is 0 Å². The van der Waals surface area contributed by atoms with Gasteiger partial charge in [0.25, 0.3) is 5.91 Å². The van der Waals surface area contributed by atoms with Crippen molar-refractivity contribution in [3.8, 4) is 5.82 Å². The Morgan fingerprint density at radius 1 is 1.04 bits per heavy atom. The van der Waals surface area contributed by atoms with Crippen molar-refractivity contribution in [2.24, 2.45) is 11.8 Å². The Morgan fingerprint density at radius 2 is 1.88 bits per heavy atom. The summed E-state index contributed by atoms with van der Waals surface area (Å²) in [6.07, 6.45) is 10.1. The second-order valence-electron chi connectivity index (χ2n) is 7.98. The van der Waals surface area contributed by atoms with Gasteiger partial charge in [0.05, 0.1) is 5.56 Å². The fraction of sp³-hybridized carbons (Fsp3) is 0.579. The van der Waals surface area contributed by atoms with Crippen molar-refractivity contribution in [1.29, 1.82) is 0 Å². The SMILES string of the molecule is O=C(c1ccc(-n2cnnc2)nc1)N1C[C@@H]2CC[C@H](C1)N(CC1CC1)C2. The van der Waals surface area contributed by atoms with E-state index in [1.807, 2.05) is 12.1 Å². The van der Waals surface area contributed by atoms with Crippen LogP contribution in [0.1, 0.15) is 36.0 Å². The Bertz CT molecular complexity index is 770. The number of fused-ring (bicyclic) bond motifs is 4. The summed E-state index contributed by atoms with van der Waals surface area (Å²) >= 11 is 0. The van der Waals surface area contributed by atoms with Crippen LogP contribution in [-0.2, 0) is 0 Å². The number of hydrogen-bond donors (Lipinski definition) is 0. The highest BCUT2D eigenvalue weighted by atomic mass is 16.2. The van der Waals surface area contributed by atoms with E-state index in [1.165, 1.54) is 32.2 Å². The lowest BCUT2D eigenvalue weighted by Gasteiger charge is -2.36. The number of aromatic nitrogens is 4. The largest absolute Gasteiger partial charge is 0.337 e. The molecule has 5 heterocycles. The maximum atomic E-state index is 13.0. The highest BCUT2D eigenvalue weighted by Crippen LogP contribution is 2.35. The zero-order valence-corrected chi connectivity index (χ0v) is 14.9. The van der Waals surface area contributed by atoms with Crippen molar-refractivity contribution in [3.05, 3.63) is 36.5 Å². The van der Waals surface area contributed by atoms with E-state index in [0.29, 0.717) is 17.5 Å². The number of piperidine rings is 1. The van der Waals surface area contributed by atoms with Crippen LogP contribution in [0.2, 0.25) is 0 Å². The van der Waals surface area contributed by atoms with Crippen LogP contribution in [0.3, 0.4) is 0 Å². The summed E-state index contributed by atoms with van der Waals surface area (Å²) in [4.78, 5) is 22.2. The third kappa shape index (κ3) is 3.11. The summed E-state index contributed by atoms with van der Waals surface area (Å²) in [7, 11) is 0. The molecule has 0 unspecified atom stereocenters. The van der Waals surface area contributed by atoms with E-state index in [1.54, 1.807) is 23.4 Å². The molecule has 26 heavy (non-hydrogen) atoms. The predicted molar refractivity (Wildman–Crippen MR) is 95.9 cm³/mol. The number of carbonyl (C=O) groups excluding carboxylic acids is 1. The smallest absolute Gasteiger partial charge is 0.255 e. The average molecular weight is 352 g/mol. The molecule has 136 valence electrons. The van der Waals surface area contributed by atoms with Crippen LogP contribution in [0.4, 0.5) is 0 Å². The van der Waals surface area contributed by atoms with Gasteiger partial charge in [0.2, 0.25) is 0 Å². The van der Waals surface area contributed by atoms with Gasteiger partial charge in [0.1, 0.15) is 18.5 Å². The Morgan fingerprint density at radius 3 is 2.62 bits per heavy atom. The van der Waals surface area contributed by atoms with Crippen LogP contribution < -0.4 is 0 Å². The molecule has 2 aromatic heterocycles. The van der Waals surface area contributed by atoms with E-state index in [4.69, 9.17) is 0 Å². The molecule has 1 amide bonds. The highest BCUT2D eigenvalue weighted by molar-refractivity contribution is 5.94. The van der Waals surface area contributed by atoms with Crippen LogP contribution in [-0.4, -0.2) is 67.7 Å². The van der Waals surface area contributed by atoms with Crippen LogP contribution in [0.25, 0.3) is 5.82 Å². The standard InChI is InChI=1S/C19H24N6O/c26-19(16-4-6-18(20-7-16)25-12-21-22-13-25)24-10-15-3-5-17(11-24)23(9-15)8-14-1-2-14/h4,6-7,12-15,17H,1-3,5,8-11H2/t15-,17-/m1/s1. The van der Waals surface area contributed by atoms with Crippen molar-refractivity contribution >= 4 is 5.91 Å². The molecule has 4 fully saturated rings. The summed E-state index contributed by atoms with van der Waals surface area (Å²) in [6, 6.07) is 4.24. The molecule has 0 spiro atoms. The first kappa shape index (κ1) is 15.9. The van der Waals surface area contributed by atoms with Crippen LogP contribution >= 0.6 is 0 Å². The number of pyridine rings is 1. The first-order chi connectivity index (χ1) is 12.8. The molecule has 7 nitrogen and oxygen atoms in total. The van der Waals surface area contributed by atoms with Gasteiger partial charge in [-0.15, -0.1) is 10.2 Å². The molecule has 3 saturated heterocycles. The Labute approximate surface area is 153 Å². The second kappa shape index (κ2) is 6.46. The zero-order valence-electron chi connectivity index (χ0n) is 14.9. The fourth-order valence-electron chi connectivity index (χ4n) is 4.37. The molecule has 0 radical (unpaired) electrons. The third-order valence-corrected chi connectivity index (χ3v) is 5.98. The van der Waals surface area contributed by atoms with Crippen molar-refractivity contribution in [2.75, 3.05) is 26.2 Å². The average Bonchev–Trinajstić information content (AvgIpc) is 3.40. The fourth-order valence-corrected chi connectivity index (χ4v) is 4.37. The summed E-state index contributed by atoms with van der Waals surface area (Å²) < 4.78 is 1.73. The van der Waals surface area contributed by atoms with Gasteiger partial charge in [0.15, 0.2) is 0 Å². The van der Waals surface area contributed by atoms with E-state index in [0.717, 1.165) is 31.4 Å². The number of amides is 1. The van der Waals surface area contributed by atoms with Gasteiger partial charge >= 0.3 is 0 Å². The maximum absolute atomic E-state index is 13.0. The molecule has 2 atom stereocenters. The minimum Gasteiger partial charge on any atom is -0.337 e. The highest BCUT2D eigenvalue weighted by Gasteiger charge is 2.38. The quantitative estimate of drug-likeness (QED) is 0.836. The molecule has 6 rings (SSSR count). The molecule has 1 saturated carbocycles. The Kier molecular flexibility index (Phi) is 3.96. The maximum Gasteiger partial charge on any atom is 0.255 e. The molecular weight excluding hydrogens is 328 g/mol. The predicted octanol–water partition coefficient (Wildman–Crippen LogP) is 1.61. The number of nitrogens with zero attached hydrogens (tertiary/aromatic N) is 6. The minimum atomic E-state index is 0.109. The lowest BCUT2D eigenvalue weighted by Crippen LogP contribution is -2.45. The lowest BCUT2D eigenvalue weighted by atomic mass is 9.95. The number of hydrogen-bond acceptors (Lipinski definition) is 5. The van der Waals surface area contributed by atoms with Crippen molar-refractivity contribution in [2.45, 2.75) is 31.7 Å². The molecule has 2 aromatic rings. The second-order valence-corrected chi connectivity index (χ2v) is 7.98. The van der Waals surface area contributed by atoms with E-state index < -0.39 is 0 Å². The van der Waals surface area contributed by atoms with Crippen molar-refractivity contribution in [1.82, 2.24) is 29.5 Å². The molecule has 0 aromatic carbocycles. The summed E-state index contributed by atoms with van der Waals surface area (Å²) in [5.41, 5.74) is 0.664. The topological polar surface area (TPSA) is 67.2 Å². The normalized spacial score (nSPS) is 26.1. The zero-order chi connectivity index (χ0) is 17.5.